The minimum absolute atomic E-state index is 0.112. The van der Waals surface area contributed by atoms with Crippen LogP contribution in [0.1, 0.15) is 24.2 Å². The average molecular weight is 287 g/mol. The largest absolute Gasteiger partial charge is 0.493 e. The highest BCUT2D eigenvalue weighted by Gasteiger charge is 2.30. The van der Waals surface area contributed by atoms with Gasteiger partial charge in [0.2, 0.25) is 0 Å². The summed E-state index contributed by atoms with van der Waals surface area (Å²) in [6.07, 6.45) is -0.324. The molecule has 0 spiro atoms. The van der Waals surface area contributed by atoms with Crippen LogP contribution in [-0.4, -0.2) is 33.9 Å². The van der Waals surface area contributed by atoms with Crippen molar-refractivity contribution in [3.05, 3.63) is 23.3 Å². The van der Waals surface area contributed by atoms with Crippen LogP contribution in [0.3, 0.4) is 0 Å². The summed E-state index contributed by atoms with van der Waals surface area (Å²) >= 11 is 0. The van der Waals surface area contributed by atoms with E-state index in [1.807, 2.05) is 0 Å². The van der Waals surface area contributed by atoms with E-state index in [4.69, 9.17) is 14.2 Å². The molecule has 0 aromatic heterocycles. The molecule has 6 heteroatoms. The lowest BCUT2D eigenvalue weighted by Gasteiger charge is -2.27. The minimum Gasteiger partial charge on any atom is -0.493 e. The lowest BCUT2D eigenvalue weighted by atomic mass is 10.00. The van der Waals surface area contributed by atoms with Crippen LogP contribution in [0.2, 0.25) is 0 Å². The number of rotatable bonds is 4. The smallest absolute Gasteiger partial charge is 0.270 e. The Morgan fingerprint density at radius 3 is 2.55 bits per heavy atom. The number of hydrogen-bond acceptors (Lipinski definition) is 4. The molecule has 0 bridgehead atoms. The van der Waals surface area contributed by atoms with E-state index >= 15 is 0 Å². The summed E-state index contributed by atoms with van der Waals surface area (Å²) in [5.74, 6) is -2.22. The first-order valence-corrected chi connectivity index (χ1v) is 6.44. The first-order chi connectivity index (χ1) is 9.47. The Morgan fingerprint density at radius 1 is 1.30 bits per heavy atom. The summed E-state index contributed by atoms with van der Waals surface area (Å²) < 4.78 is 43.3. The molecule has 20 heavy (non-hydrogen) atoms. The van der Waals surface area contributed by atoms with Crippen LogP contribution in [0, 0.1) is 0 Å². The first-order valence-electron chi connectivity index (χ1n) is 6.44. The van der Waals surface area contributed by atoms with Gasteiger partial charge >= 0.3 is 0 Å². The second-order valence-corrected chi connectivity index (χ2v) is 4.75. The zero-order valence-electron chi connectivity index (χ0n) is 11.8. The fraction of sp³-hybridized carbons (Fsp3) is 0.571. The van der Waals surface area contributed by atoms with Crippen molar-refractivity contribution < 1.29 is 23.0 Å². The predicted molar refractivity (Wildman–Crippen MR) is 70.7 cm³/mol. The minimum atomic E-state index is -2.95. The summed E-state index contributed by atoms with van der Waals surface area (Å²) in [6.45, 7) is 2.69. The molecule has 1 saturated heterocycles. The number of halogens is 2. The van der Waals surface area contributed by atoms with E-state index in [2.05, 4.69) is 5.32 Å². The fourth-order valence-corrected chi connectivity index (χ4v) is 2.25. The molecule has 4 nitrogen and oxygen atoms in total. The van der Waals surface area contributed by atoms with Gasteiger partial charge in [-0.15, -0.1) is 0 Å². The van der Waals surface area contributed by atoms with Crippen molar-refractivity contribution in [1.82, 2.24) is 5.32 Å². The second-order valence-electron chi connectivity index (χ2n) is 4.75. The third kappa shape index (κ3) is 3.02. The Balaban J connectivity index is 2.50. The summed E-state index contributed by atoms with van der Waals surface area (Å²) in [7, 11) is 2.92. The van der Waals surface area contributed by atoms with Crippen molar-refractivity contribution >= 4 is 0 Å². The normalized spacial score (nSPS) is 19.8. The lowest BCUT2D eigenvalue weighted by molar-refractivity contribution is 0.0142. The molecule has 1 fully saturated rings. The quantitative estimate of drug-likeness (QED) is 0.923. The van der Waals surface area contributed by atoms with Crippen molar-refractivity contribution in [3.63, 3.8) is 0 Å². The monoisotopic (exact) mass is 287 g/mol. The third-order valence-corrected chi connectivity index (χ3v) is 3.29. The van der Waals surface area contributed by atoms with Crippen LogP contribution in [0.25, 0.3) is 0 Å². The van der Waals surface area contributed by atoms with Gasteiger partial charge in [0, 0.05) is 31.1 Å². The van der Waals surface area contributed by atoms with Crippen LogP contribution in [0.5, 0.6) is 11.5 Å². The molecular formula is C14H19F2NO3. The highest BCUT2D eigenvalue weighted by molar-refractivity contribution is 5.51. The molecule has 2 rings (SSSR count). The van der Waals surface area contributed by atoms with E-state index in [0.29, 0.717) is 24.5 Å². The topological polar surface area (TPSA) is 39.7 Å². The molecule has 1 atom stereocenters. The lowest BCUT2D eigenvalue weighted by Crippen LogP contribution is -2.33. The zero-order chi connectivity index (χ0) is 14.8. The number of alkyl halides is 2. The van der Waals surface area contributed by atoms with Gasteiger partial charge in [0.05, 0.1) is 26.9 Å². The van der Waals surface area contributed by atoms with Crippen molar-refractivity contribution in [2.75, 3.05) is 33.9 Å². The van der Waals surface area contributed by atoms with Gasteiger partial charge in [0.1, 0.15) is 0 Å². The van der Waals surface area contributed by atoms with E-state index in [-0.39, 0.29) is 17.4 Å². The van der Waals surface area contributed by atoms with E-state index < -0.39 is 5.92 Å². The maximum Gasteiger partial charge on any atom is 0.270 e. The molecule has 112 valence electrons. The third-order valence-electron chi connectivity index (χ3n) is 3.29. The van der Waals surface area contributed by atoms with Gasteiger partial charge in [-0.25, -0.2) is 8.78 Å². The molecule has 1 unspecified atom stereocenters. The van der Waals surface area contributed by atoms with Crippen LogP contribution in [-0.2, 0) is 10.7 Å². The predicted octanol–water partition coefficient (Wildman–Crippen LogP) is 2.48. The Hall–Kier alpha value is -1.40. The molecule has 1 aromatic rings. The van der Waals surface area contributed by atoms with Gasteiger partial charge in [-0.05, 0) is 12.1 Å². The van der Waals surface area contributed by atoms with Crippen molar-refractivity contribution in [3.8, 4) is 11.5 Å². The summed E-state index contributed by atoms with van der Waals surface area (Å²) in [5, 5.41) is 3.17. The average Bonchev–Trinajstić information content (AvgIpc) is 2.45. The zero-order valence-corrected chi connectivity index (χ0v) is 11.8. The van der Waals surface area contributed by atoms with Crippen molar-refractivity contribution in [1.29, 1.82) is 0 Å². The highest BCUT2D eigenvalue weighted by Crippen LogP contribution is 2.41. The Morgan fingerprint density at radius 2 is 2.05 bits per heavy atom. The van der Waals surface area contributed by atoms with Crippen LogP contribution in [0.4, 0.5) is 8.78 Å². The molecule has 0 amide bonds. The number of morpholine rings is 1. The van der Waals surface area contributed by atoms with Crippen molar-refractivity contribution in [2.24, 2.45) is 0 Å². The van der Waals surface area contributed by atoms with E-state index in [9.17, 15) is 8.78 Å². The molecule has 1 N–H and O–H groups in total. The van der Waals surface area contributed by atoms with Gasteiger partial charge in [-0.1, -0.05) is 0 Å². The molecule has 1 heterocycles. The molecule has 0 radical (unpaired) electrons. The van der Waals surface area contributed by atoms with Gasteiger partial charge < -0.3 is 19.5 Å². The molecule has 0 aliphatic carbocycles. The second kappa shape index (κ2) is 5.93. The maximum atomic E-state index is 13.6. The Kier molecular flexibility index (Phi) is 4.45. The number of methoxy groups -OCH3 is 2. The van der Waals surface area contributed by atoms with E-state index in [1.54, 1.807) is 0 Å². The van der Waals surface area contributed by atoms with Gasteiger partial charge in [0.15, 0.2) is 11.5 Å². The maximum absolute atomic E-state index is 13.6. The van der Waals surface area contributed by atoms with Crippen LogP contribution in [0.15, 0.2) is 12.1 Å². The van der Waals surface area contributed by atoms with Crippen molar-refractivity contribution in [2.45, 2.75) is 19.0 Å². The number of ether oxygens (including phenoxy) is 3. The fourth-order valence-electron chi connectivity index (χ4n) is 2.25. The Bertz CT molecular complexity index is 468. The summed E-state index contributed by atoms with van der Waals surface area (Å²) in [5.41, 5.74) is 0.467. The molecule has 0 saturated carbocycles. The van der Waals surface area contributed by atoms with Crippen LogP contribution < -0.4 is 14.8 Å². The first kappa shape index (κ1) is 15.0. The highest BCUT2D eigenvalue weighted by atomic mass is 19.3. The number of nitrogens with one attached hydrogen (secondary N) is 1. The Labute approximate surface area is 117 Å². The summed E-state index contributed by atoms with van der Waals surface area (Å²) in [6, 6.07) is 2.73. The SMILES string of the molecule is COc1cc(C(C)(F)F)cc(C2CNCCO2)c1OC. The molecule has 1 aliphatic rings. The molecule has 1 aromatic carbocycles. The molecular weight excluding hydrogens is 268 g/mol. The van der Waals surface area contributed by atoms with E-state index in [1.165, 1.54) is 26.4 Å². The standard InChI is InChI=1S/C14H19F2NO3/c1-14(15,16)9-6-10(12-8-17-4-5-20-12)13(19-3)11(7-9)18-2/h6-7,12,17H,4-5,8H2,1-3H3. The number of benzene rings is 1. The molecule has 1 aliphatic heterocycles. The van der Waals surface area contributed by atoms with Gasteiger partial charge in [-0.3, -0.25) is 0 Å². The van der Waals surface area contributed by atoms with Gasteiger partial charge in [0.25, 0.3) is 5.92 Å². The van der Waals surface area contributed by atoms with Gasteiger partial charge in [-0.2, -0.15) is 0 Å². The van der Waals surface area contributed by atoms with E-state index in [0.717, 1.165) is 13.5 Å². The number of hydrogen-bond donors (Lipinski definition) is 1. The van der Waals surface area contributed by atoms with Crippen LogP contribution >= 0.6 is 0 Å². The summed E-state index contributed by atoms with van der Waals surface area (Å²) in [4.78, 5) is 0.